The summed E-state index contributed by atoms with van der Waals surface area (Å²) in [4.78, 5) is 19.8. The number of H-pyrrole nitrogens is 1. The second-order valence-electron chi connectivity index (χ2n) is 5.96. The fraction of sp³-hybridized carbons (Fsp3) is 0.158. The molecule has 0 aliphatic heterocycles. The maximum atomic E-state index is 12.3. The number of hydrogen-bond donors (Lipinski definition) is 2. The Balaban J connectivity index is 1.44. The molecular weight excluding hydrogens is 300 g/mol. The van der Waals surface area contributed by atoms with Gasteiger partial charge in [-0.2, -0.15) is 0 Å². The fourth-order valence-corrected chi connectivity index (χ4v) is 2.92. The molecule has 5 heteroatoms. The lowest BCUT2D eigenvalue weighted by Crippen LogP contribution is -2.26. The summed E-state index contributed by atoms with van der Waals surface area (Å²) >= 11 is 0. The van der Waals surface area contributed by atoms with E-state index in [0.29, 0.717) is 12.2 Å². The smallest absolute Gasteiger partial charge is 0.267 e. The summed E-state index contributed by atoms with van der Waals surface area (Å²) in [6.45, 7) is 2.62. The molecule has 3 aromatic heterocycles. The summed E-state index contributed by atoms with van der Waals surface area (Å²) in [5.41, 5.74) is 4.76. The largest absolute Gasteiger partial charge is 0.351 e. The van der Waals surface area contributed by atoms with Gasteiger partial charge in [0.1, 0.15) is 11.3 Å². The molecule has 120 valence electrons. The van der Waals surface area contributed by atoms with Gasteiger partial charge in [0, 0.05) is 42.0 Å². The number of aromatic nitrogens is 3. The van der Waals surface area contributed by atoms with Crippen LogP contribution in [0.2, 0.25) is 0 Å². The Morgan fingerprint density at radius 1 is 1.25 bits per heavy atom. The number of aryl methyl sites for hydroxylation is 1. The molecular formula is C19H18N4O. The van der Waals surface area contributed by atoms with Gasteiger partial charge in [0.2, 0.25) is 0 Å². The minimum Gasteiger partial charge on any atom is -0.351 e. The van der Waals surface area contributed by atoms with Crippen LogP contribution >= 0.6 is 0 Å². The molecule has 1 aromatic carbocycles. The Morgan fingerprint density at radius 3 is 3.00 bits per heavy atom. The molecule has 0 saturated carbocycles. The van der Waals surface area contributed by atoms with Gasteiger partial charge in [-0.1, -0.05) is 24.3 Å². The summed E-state index contributed by atoms with van der Waals surface area (Å²) in [7, 11) is 0. The third-order valence-corrected chi connectivity index (χ3v) is 4.17. The van der Waals surface area contributed by atoms with Crippen LogP contribution in [-0.2, 0) is 6.42 Å². The molecule has 2 N–H and O–H groups in total. The van der Waals surface area contributed by atoms with E-state index in [9.17, 15) is 4.79 Å². The van der Waals surface area contributed by atoms with E-state index < -0.39 is 0 Å². The van der Waals surface area contributed by atoms with Crippen LogP contribution in [0.15, 0.2) is 54.9 Å². The van der Waals surface area contributed by atoms with Gasteiger partial charge >= 0.3 is 0 Å². The highest BCUT2D eigenvalue weighted by Crippen LogP contribution is 2.14. The van der Waals surface area contributed by atoms with Gasteiger partial charge in [-0.15, -0.1) is 0 Å². The van der Waals surface area contributed by atoms with Crippen molar-refractivity contribution in [1.82, 2.24) is 19.7 Å². The van der Waals surface area contributed by atoms with E-state index in [2.05, 4.69) is 32.8 Å². The molecule has 0 unspecified atom stereocenters. The number of imidazole rings is 1. The predicted octanol–water partition coefficient (Wildman–Crippen LogP) is 3.10. The van der Waals surface area contributed by atoms with Crippen molar-refractivity contribution in [2.45, 2.75) is 13.3 Å². The van der Waals surface area contributed by atoms with Gasteiger partial charge in [-0.25, -0.2) is 4.98 Å². The number of benzene rings is 1. The van der Waals surface area contributed by atoms with Gasteiger partial charge in [-0.3, -0.25) is 4.79 Å². The minimum absolute atomic E-state index is 0.0869. The first-order chi connectivity index (χ1) is 11.7. The number of rotatable bonds is 4. The Morgan fingerprint density at radius 2 is 2.12 bits per heavy atom. The molecule has 0 atom stereocenters. The lowest BCUT2D eigenvalue weighted by molar-refractivity contribution is 0.0950. The molecule has 4 rings (SSSR count). The SMILES string of the molecule is Cc1ccc2ncc(CCNC(=O)c3cc4ccccc4[nH]3)n2c1. The summed E-state index contributed by atoms with van der Waals surface area (Å²) in [6, 6.07) is 13.8. The van der Waals surface area contributed by atoms with Crippen LogP contribution in [0.3, 0.4) is 0 Å². The van der Waals surface area contributed by atoms with Gasteiger partial charge in [0.15, 0.2) is 0 Å². The molecule has 0 radical (unpaired) electrons. The zero-order chi connectivity index (χ0) is 16.5. The topological polar surface area (TPSA) is 62.2 Å². The highest BCUT2D eigenvalue weighted by Gasteiger charge is 2.09. The van der Waals surface area contributed by atoms with E-state index in [1.54, 1.807) is 0 Å². The van der Waals surface area contributed by atoms with E-state index in [1.807, 2.05) is 48.7 Å². The summed E-state index contributed by atoms with van der Waals surface area (Å²) in [6.07, 6.45) is 4.66. The van der Waals surface area contributed by atoms with Crippen LogP contribution in [0.5, 0.6) is 0 Å². The number of carbonyl (C=O) groups excluding carboxylic acids is 1. The van der Waals surface area contributed by atoms with Crippen LogP contribution in [0.1, 0.15) is 21.7 Å². The normalized spacial score (nSPS) is 11.2. The number of nitrogens with zero attached hydrogens (tertiary/aromatic N) is 2. The Hall–Kier alpha value is -3.08. The molecule has 0 aliphatic rings. The molecule has 24 heavy (non-hydrogen) atoms. The zero-order valence-electron chi connectivity index (χ0n) is 13.4. The zero-order valence-corrected chi connectivity index (χ0v) is 13.4. The van der Waals surface area contributed by atoms with E-state index in [1.165, 1.54) is 5.56 Å². The van der Waals surface area contributed by atoms with Crippen molar-refractivity contribution in [3.63, 3.8) is 0 Å². The molecule has 0 bridgehead atoms. The monoisotopic (exact) mass is 318 g/mol. The molecule has 3 heterocycles. The highest BCUT2D eigenvalue weighted by atomic mass is 16.1. The van der Waals surface area contributed by atoms with E-state index in [-0.39, 0.29) is 5.91 Å². The minimum atomic E-state index is -0.0869. The lowest BCUT2D eigenvalue weighted by Gasteiger charge is -2.05. The van der Waals surface area contributed by atoms with E-state index >= 15 is 0 Å². The summed E-state index contributed by atoms with van der Waals surface area (Å²) in [5.74, 6) is -0.0869. The van der Waals surface area contributed by atoms with Crippen LogP contribution in [0, 0.1) is 6.92 Å². The van der Waals surface area contributed by atoms with E-state index in [0.717, 1.165) is 28.7 Å². The highest BCUT2D eigenvalue weighted by molar-refractivity contribution is 5.97. The molecule has 0 fully saturated rings. The number of nitrogens with one attached hydrogen (secondary N) is 2. The number of aromatic amines is 1. The lowest BCUT2D eigenvalue weighted by atomic mass is 10.2. The van der Waals surface area contributed by atoms with Crippen LogP contribution < -0.4 is 5.32 Å². The first-order valence-corrected chi connectivity index (χ1v) is 7.99. The van der Waals surface area contributed by atoms with Crippen molar-refractivity contribution in [3.05, 3.63) is 71.8 Å². The molecule has 0 aliphatic carbocycles. The summed E-state index contributed by atoms with van der Waals surface area (Å²) < 4.78 is 2.07. The van der Waals surface area contributed by atoms with Crippen LogP contribution in [0.4, 0.5) is 0 Å². The van der Waals surface area contributed by atoms with Crippen LogP contribution in [-0.4, -0.2) is 26.8 Å². The van der Waals surface area contributed by atoms with Gasteiger partial charge in [0.05, 0.1) is 0 Å². The third-order valence-electron chi connectivity index (χ3n) is 4.17. The van der Waals surface area contributed by atoms with Crippen molar-refractivity contribution >= 4 is 22.5 Å². The second kappa shape index (κ2) is 5.85. The Labute approximate surface area is 139 Å². The first kappa shape index (κ1) is 14.5. The van der Waals surface area contributed by atoms with Crippen LogP contribution in [0.25, 0.3) is 16.6 Å². The molecule has 1 amide bonds. The Bertz CT molecular complexity index is 995. The first-order valence-electron chi connectivity index (χ1n) is 7.99. The standard InChI is InChI=1S/C19H18N4O/c1-13-6-7-18-21-11-15(23(18)12-13)8-9-20-19(24)17-10-14-4-2-3-5-16(14)22-17/h2-7,10-12,22H,8-9H2,1H3,(H,20,24). The Kier molecular flexibility index (Phi) is 3.54. The summed E-state index contributed by atoms with van der Waals surface area (Å²) in [5, 5.41) is 4.01. The quantitative estimate of drug-likeness (QED) is 0.607. The van der Waals surface area contributed by atoms with Crippen molar-refractivity contribution < 1.29 is 4.79 Å². The maximum absolute atomic E-state index is 12.3. The third kappa shape index (κ3) is 2.65. The molecule has 4 aromatic rings. The number of carbonyl (C=O) groups is 1. The number of amides is 1. The van der Waals surface area contributed by atoms with Gasteiger partial charge < -0.3 is 14.7 Å². The number of para-hydroxylation sites is 1. The number of pyridine rings is 1. The fourth-order valence-electron chi connectivity index (χ4n) is 2.92. The van der Waals surface area contributed by atoms with Crippen molar-refractivity contribution in [3.8, 4) is 0 Å². The predicted molar refractivity (Wildman–Crippen MR) is 94.3 cm³/mol. The molecule has 0 saturated heterocycles. The average molecular weight is 318 g/mol. The average Bonchev–Trinajstić information content (AvgIpc) is 3.18. The van der Waals surface area contributed by atoms with Crippen molar-refractivity contribution in [1.29, 1.82) is 0 Å². The number of hydrogen-bond acceptors (Lipinski definition) is 2. The van der Waals surface area contributed by atoms with E-state index in [4.69, 9.17) is 0 Å². The van der Waals surface area contributed by atoms with Crippen molar-refractivity contribution in [2.24, 2.45) is 0 Å². The maximum Gasteiger partial charge on any atom is 0.267 e. The van der Waals surface area contributed by atoms with Crippen molar-refractivity contribution in [2.75, 3.05) is 6.54 Å². The second-order valence-corrected chi connectivity index (χ2v) is 5.96. The molecule has 0 spiro atoms. The van der Waals surface area contributed by atoms with Gasteiger partial charge in [0.25, 0.3) is 5.91 Å². The van der Waals surface area contributed by atoms with Gasteiger partial charge in [-0.05, 0) is 30.7 Å². The number of fused-ring (bicyclic) bond motifs is 2. The molecule has 5 nitrogen and oxygen atoms in total.